The van der Waals surface area contributed by atoms with E-state index in [0.717, 1.165) is 36.8 Å². The van der Waals surface area contributed by atoms with Gasteiger partial charge in [-0.05, 0) is 68.6 Å². The number of nitrogens with one attached hydrogen (secondary N) is 1. The average Bonchev–Trinajstić information content (AvgIpc) is 3.02. The molecule has 2 unspecified atom stereocenters. The fraction of sp³-hybridized carbons (Fsp3) is 0.500. The molecule has 0 aliphatic heterocycles. The van der Waals surface area contributed by atoms with Crippen molar-refractivity contribution < 1.29 is 4.79 Å². The van der Waals surface area contributed by atoms with E-state index in [1.54, 1.807) is 24.3 Å². The minimum absolute atomic E-state index is 0.0299. The number of rotatable bonds is 3. The van der Waals surface area contributed by atoms with Gasteiger partial charge in [0.05, 0.1) is 5.69 Å². The molecule has 0 saturated heterocycles. The minimum atomic E-state index is -0.173. The second kappa shape index (κ2) is 5.95. The van der Waals surface area contributed by atoms with Crippen LogP contribution in [0, 0.1) is 11.8 Å². The number of benzene rings is 1. The number of anilines is 1. The van der Waals surface area contributed by atoms with Crippen LogP contribution in [-0.4, -0.2) is 15.8 Å². The number of alkyl halides is 1. The lowest BCUT2D eigenvalue weighted by Crippen LogP contribution is -2.55. The molecule has 1 N–H and O–H groups in total. The molecule has 1 aromatic carbocycles. The number of hydrogen-bond donors (Lipinski definition) is 1. The fourth-order valence-electron chi connectivity index (χ4n) is 5.82. The standard InChI is InChI=1S/C20H20Cl2N2OS/c21-15-3-1-2-14(5-15)17(25)24-18-23-16(10-26-18)19-6-12-4-13(7-19)9-20(22,8-12)11-19/h1-3,5,10,12-13H,4,6-9,11H2,(H,23,24,25)/t12-,13+,19?,20?. The first-order valence-corrected chi connectivity index (χ1v) is 10.8. The van der Waals surface area contributed by atoms with Crippen molar-refractivity contribution in [3.05, 3.63) is 45.9 Å². The van der Waals surface area contributed by atoms with Crippen molar-refractivity contribution in [2.24, 2.45) is 11.8 Å². The van der Waals surface area contributed by atoms with Gasteiger partial charge in [-0.2, -0.15) is 0 Å². The monoisotopic (exact) mass is 406 g/mol. The highest BCUT2D eigenvalue weighted by atomic mass is 35.5. The van der Waals surface area contributed by atoms with Gasteiger partial charge in [-0.25, -0.2) is 4.98 Å². The Kier molecular flexibility index (Phi) is 3.90. The summed E-state index contributed by atoms with van der Waals surface area (Å²) in [5.74, 6) is 1.30. The highest BCUT2D eigenvalue weighted by Crippen LogP contribution is 2.64. The summed E-state index contributed by atoms with van der Waals surface area (Å²) in [6, 6.07) is 6.96. The molecule has 1 amide bonds. The SMILES string of the molecule is O=C(Nc1nc(C23C[C@@H]4C[C@@H](CC(Cl)(C4)C2)C3)cs1)c1cccc(Cl)c1. The van der Waals surface area contributed by atoms with Crippen molar-refractivity contribution in [2.45, 2.75) is 48.8 Å². The van der Waals surface area contributed by atoms with Gasteiger partial charge in [-0.1, -0.05) is 17.7 Å². The molecule has 1 aromatic heterocycles. The summed E-state index contributed by atoms with van der Waals surface area (Å²) in [7, 11) is 0. The molecule has 2 aromatic rings. The number of aromatic nitrogens is 1. The summed E-state index contributed by atoms with van der Waals surface area (Å²) in [6.45, 7) is 0. The lowest BCUT2D eigenvalue weighted by atomic mass is 9.48. The van der Waals surface area contributed by atoms with E-state index in [1.165, 1.54) is 30.6 Å². The molecule has 4 saturated carbocycles. The summed E-state index contributed by atoms with van der Waals surface area (Å²) in [6.07, 6.45) is 7.08. The van der Waals surface area contributed by atoms with Crippen LogP contribution in [0.1, 0.15) is 54.6 Å². The third kappa shape index (κ3) is 2.87. The Morgan fingerprint density at radius 2 is 2.00 bits per heavy atom. The lowest BCUT2D eigenvalue weighted by Gasteiger charge is -2.59. The number of nitrogens with zero attached hydrogens (tertiary/aromatic N) is 1. The van der Waals surface area contributed by atoms with Crippen LogP contribution in [0.25, 0.3) is 0 Å². The van der Waals surface area contributed by atoms with Crippen molar-refractivity contribution in [3.8, 4) is 0 Å². The van der Waals surface area contributed by atoms with Crippen LogP contribution >= 0.6 is 34.5 Å². The number of carbonyl (C=O) groups excluding carboxylic acids is 1. The molecule has 6 rings (SSSR count). The maximum atomic E-state index is 12.5. The van der Waals surface area contributed by atoms with Crippen molar-refractivity contribution >= 4 is 45.6 Å². The molecule has 4 bridgehead atoms. The molecule has 136 valence electrons. The van der Waals surface area contributed by atoms with Crippen LogP contribution in [0.15, 0.2) is 29.6 Å². The predicted molar refractivity (Wildman–Crippen MR) is 106 cm³/mol. The average molecular weight is 407 g/mol. The second-order valence-electron chi connectivity index (χ2n) is 8.39. The van der Waals surface area contributed by atoms with Gasteiger partial charge >= 0.3 is 0 Å². The van der Waals surface area contributed by atoms with Gasteiger partial charge in [0.15, 0.2) is 5.13 Å². The molecule has 3 nitrogen and oxygen atoms in total. The fourth-order valence-corrected chi connectivity index (χ4v) is 7.54. The van der Waals surface area contributed by atoms with E-state index in [0.29, 0.717) is 15.7 Å². The maximum absolute atomic E-state index is 12.5. The van der Waals surface area contributed by atoms with Crippen LogP contribution in [0.3, 0.4) is 0 Å². The van der Waals surface area contributed by atoms with E-state index in [9.17, 15) is 4.79 Å². The van der Waals surface area contributed by atoms with Crippen LogP contribution in [0.4, 0.5) is 5.13 Å². The summed E-state index contributed by atoms with van der Waals surface area (Å²) >= 11 is 14.4. The molecule has 4 aliphatic carbocycles. The lowest BCUT2D eigenvalue weighted by molar-refractivity contribution is 0.00720. The topological polar surface area (TPSA) is 42.0 Å². The molecule has 4 atom stereocenters. The molecular formula is C20H20Cl2N2OS. The number of halogens is 2. The molecule has 4 aliphatic rings. The van der Waals surface area contributed by atoms with Gasteiger partial charge in [0.1, 0.15) is 0 Å². The minimum Gasteiger partial charge on any atom is -0.298 e. The largest absolute Gasteiger partial charge is 0.298 e. The number of thiazole rings is 1. The van der Waals surface area contributed by atoms with Crippen LogP contribution in [0.2, 0.25) is 5.02 Å². The zero-order chi connectivity index (χ0) is 17.9. The third-order valence-electron chi connectivity index (χ3n) is 6.34. The zero-order valence-corrected chi connectivity index (χ0v) is 16.6. The zero-order valence-electron chi connectivity index (χ0n) is 14.3. The van der Waals surface area contributed by atoms with E-state index >= 15 is 0 Å². The van der Waals surface area contributed by atoms with E-state index in [-0.39, 0.29) is 16.2 Å². The number of amides is 1. The van der Waals surface area contributed by atoms with Crippen molar-refractivity contribution in [3.63, 3.8) is 0 Å². The molecule has 0 spiro atoms. The first-order chi connectivity index (χ1) is 12.4. The van der Waals surface area contributed by atoms with E-state index in [1.807, 2.05) is 0 Å². The summed E-state index contributed by atoms with van der Waals surface area (Å²) < 4.78 is 0. The first-order valence-electron chi connectivity index (χ1n) is 9.15. The van der Waals surface area contributed by atoms with Gasteiger partial charge in [0.25, 0.3) is 5.91 Å². The molecule has 0 radical (unpaired) electrons. The molecule has 1 heterocycles. The quantitative estimate of drug-likeness (QED) is 0.646. The molecule has 4 fully saturated rings. The second-order valence-corrected chi connectivity index (χ2v) is 10.5. The smallest absolute Gasteiger partial charge is 0.257 e. The number of carbonyl (C=O) groups is 1. The van der Waals surface area contributed by atoms with Gasteiger partial charge < -0.3 is 0 Å². The Labute approximate surface area is 167 Å². The highest BCUT2D eigenvalue weighted by molar-refractivity contribution is 7.14. The summed E-state index contributed by atoms with van der Waals surface area (Å²) in [5, 5.41) is 6.26. The first kappa shape index (κ1) is 17.0. The molecular weight excluding hydrogens is 387 g/mol. The van der Waals surface area contributed by atoms with Gasteiger partial charge in [0.2, 0.25) is 0 Å². The van der Waals surface area contributed by atoms with Crippen molar-refractivity contribution in [1.82, 2.24) is 4.98 Å². The predicted octanol–water partition coefficient (Wildman–Crippen LogP) is 5.88. The number of hydrogen-bond acceptors (Lipinski definition) is 3. The van der Waals surface area contributed by atoms with Crippen molar-refractivity contribution in [2.75, 3.05) is 5.32 Å². The van der Waals surface area contributed by atoms with E-state index < -0.39 is 0 Å². The van der Waals surface area contributed by atoms with Gasteiger partial charge in [0, 0.05) is 26.3 Å². The van der Waals surface area contributed by atoms with Crippen LogP contribution in [0.5, 0.6) is 0 Å². The normalized spacial score (nSPS) is 34.8. The Balaban J connectivity index is 1.38. The van der Waals surface area contributed by atoms with E-state index in [2.05, 4.69) is 10.7 Å². The summed E-state index contributed by atoms with van der Waals surface area (Å²) in [4.78, 5) is 17.2. The van der Waals surface area contributed by atoms with Gasteiger partial charge in [-0.15, -0.1) is 22.9 Å². The Morgan fingerprint density at radius 1 is 1.23 bits per heavy atom. The molecule has 6 heteroatoms. The Hall–Kier alpha value is -1.10. The third-order valence-corrected chi connectivity index (χ3v) is 7.78. The highest BCUT2D eigenvalue weighted by Gasteiger charge is 2.58. The molecule has 26 heavy (non-hydrogen) atoms. The Morgan fingerprint density at radius 3 is 2.69 bits per heavy atom. The van der Waals surface area contributed by atoms with Crippen LogP contribution in [-0.2, 0) is 5.41 Å². The van der Waals surface area contributed by atoms with Crippen LogP contribution < -0.4 is 5.32 Å². The van der Waals surface area contributed by atoms with Gasteiger partial charge in [-0.3, -0.25) is 10.1 Å². The summed E-state index contributed by atoms with van der Waals surface area (Å²) in [5.41, 5.74) is 1.79. The Bertz CT molecular complexity index is 866. The van der Waals surface area contributed by atoms with E-state index in [4.69, 9.17) is 28.2 Å². The van der Waals surface area contributed by atoms with Crippen molar-refractivity contribution in [1.29, 1.82) is 0 Å². The maximum Gasteiger partial charge on any atom is 0.257 e.